The van der Waals surface area contributed by atoms with Crippen molar-refractivity contribution in [2.24, 2.45) is 0 Å². The Morgan fingerprint density at radius 1 is 0.955 bits per heavy atom. The number of rotatable bonds is 2. The summed E-state index contributed by atoms with van der Waals surface area (Å²) in [5.41, 5.74) is 4.61. The van der Waals surface area contributed by atoms with E-state index in [9.17, 15) is 0 Å². The first-order chi connectivity index (χ1) is 10.9. The molecule has 0 bridgehead atoms. The normalized spacial score (nSPS) is 15.2. The fraction of sp³-hybridized carbons (Fsp3) is 0.235. The first kappa shape index (κ1) is 13.2. The molecule has 1 fully saturated rings. The van der Waals surface area contributed by atoms with Crippen molar-refractivity contribution in [3.8, 4) is 11.3 Å². The van der Waals surface area contributed by atoms with Crippen LogP contribution in [0, 0.1) is 0 Å². The van der Waals surface area contributed by atoms with Crippen molar-refractivity contribution in [2.75, 3.05) is 31.2 Å². The van der Waals surface area contributed by atoms with Crippen LogP contribution in [0.2, 0.25) is 0 Å². The van der Waals surface area contributed by atoms with Gasteiger partial charge in [-0.1, -0.05) is 12.1 Å². The molecule has 0 spiro atoms. The van der Waals surface area contributed by atoms with Gasteiger partial charge in [-0.15, -0.1) is 0 Å². The molecular weight excluding hydrogens is 276 g/mol. The Hall–Kier alpha value is -2.53. The van der Waals surface area contributed by atoms with E-state index in [0.29, 0.717) is 5.65 Å². The van der Waals surface area contributed by atoms with Crippen LogP contribution in [0.4, 0.5) is 5.69 Å². The molecule has 3 heterocycles. The Kier molecular flexibility index (Phi) is 3.40. The second-order valence-electron chi connectivity index (χ2n) is 5.25. The quantitative estimate of drug-likeness (QED) is 0.726. The van der Waals surface area contributed by atoms with Gasteiger partial charge in [-0.3, -0.25) is 4.98 Å². The van der Waals surface area contributed by atoms with Gasteiger partial charge >= 0.3 is 0 Å². The van der Waals surface area contributed by atoms with Gasteiger partial charge in [-0.2, -0.15) is 0 Å². The van der Waals surface area contributed by atoms with Crippen LogP contribution in [0.15, 0.2) is 48.8 Å². The minimum Gasteiger partial charge on any atom is -0.378 e. The van der Waals surface area contributed by atoms with E-state index in [-0.39, 0.29) is 0 Å². The van der Waals surface area contributed by atoms with Gasteiger partial charge in [0.25, 0.3) is 0 Å². The molecule has 0 N–H and O–H groups in total. The molecule has 5 heteroatoms. The number of morpholine rings is 1. The highest BCUT2D eigenvalue weighted by atomic mass is 16.5. The monoisotopic (exact) mass is 292 g/mol. The third kappa shape index (κ3) is 2.51. The fourth-order valence-electron chi connectivity index (χ4n) is 2.65. The average molecular weight is 292 g/mol. The van der Waals surface area contributed by atoms with Gasteiger partial charge in [0.1, 0.15) is 5.52 Å². The lowest BCUT2D eigenvalue weighted by Gasteiger charge is -2.28. The van der Waals surface area contributed by atoms with Gasteiger partial charge in [0.2, 0.25) is 0 Å². The van der Waals surface area contributed by atoms with Crippen LogP contribution in [0.25, 0.3) is 22.4 Å². The van der Waals surface area contributed by atoms with Crippen LogP contribution in [0.5, 0.6) is 0 Å². The highest BCUT2D eigenvalue weighted by molar-refractivity contribution is 5.73. The van der Waals surface area contributed by atoms with E-state index in [2.05, 4.69) is 44.1 Å². The fourth-order valence-corrected chi connectivity index (χ4v) is 2.65. The average Bonchev–Trinajstić information content (AvgIpc) is 2.62. The molecule has 2 aromatic heterocycles. The van der Waals surface area contributed by atoms with Crippen molar-refractivity contribution in [2.45, 2.75) is 0 Å². The topological polar surface area (TPSA) is 51.1 Å². The molecule has 1 saturated heterocycles. The van der Waals surface area contributed by atoms with Crippen molar-refractivity contribution < 1.29 is 4.74 Å². The van der Waals surface area contributed by atoms with Crippen molar-refractivity contribution >= 4 is 16.9 Å². The van der Waals surface area contributed by atoms with E-state index >= 15 is 0 Å². The Bertz CT molecular complexity index is 782. The minimum absolute atomic E-state index is 0.678. The summed E-state index contributed by atoms with van der Waals surface area (Å²) in [7, 11) is 0. The number of nitrogens with zero attached hydrogens (tertiary/aromatic N) is 4. The van der Waals surface area contributed by atoms with E-state index in [1.807, 2.05) is 12.1 Å². The first-order valence-electron chi connectivity index (χ1n) is 7.41. The number of aromatic nitrogens is 3. The number of hydrogen-bond acceptors (Lipinski definition) is 5. The summed E-state index contributed by atoms with van der Waals surface area (Å²) in [4.78, 5) is 15.6. The van der Waals surface area contributed by atoms with Gasteiger partial charge in [-0.25, -0.2) is 9.97 Å². The smallest absolute Gasteiger partial charge is 0.178 e. The molecule has 22 heavy (non-hydrogen) atoms. The van der Waals surface area contributed by atoms with Crippen LogP contribution in [-0.2, 0) is 4.74 Å². The maximum atomic E-state index is 5.39. The zero-order valence-corrected chi connectivity index (χ0v) is 12.1. The Morgan fingerprint density at radius 2 is 1.77 bits per heavy atom. The van der Waals surface area contributed by atoms with Gasteiger partial charge in [0.15, 0.2) is 5.65 Å². The number of hydrogen-bond donors (Lipinski definition) is 0. The van der Waals surface area contributed by atoms with Crippen LogP contribution < -0.4 is 4.90 Å². The molecule has 4 rings (SSSR count). The molecular formula is C17H16N4O. The Morgan fingerprint density at radius 3 is 2.59 bits per heavy atom. The summed E-state index contributed by atoms with van der Waals surface area (Å²) < 4.78 is 5.39. The number of ether oxygens (including phenoxy) is 1. The summed E-state index contributed by atoms with van der Waals surface area (Å²) >= 11 is 0. The lowest BCUT2D eigenvalue weighted by Crippen LogP contribution is -2.36. The van der Waals surface area contributed by atoms with Crippen LogP contribution in [-0.4, -0.2) is 41.3 Å². The molecule has 0 unspecified atom stereocenters. The van der Waals surface area contributed by atoms with Crippen molar-refractivity contribution in [3.63, 3.8) is 0 Å². The lowest BCUT2D eigenvalue weighted by atomic mass is 10.1. The Labute approximate surface area is 128 Å². The highest BCUT2D eigenvalue weighted by Crippen LogP contribution is 2.23. The molecule has 110 valence electrons. The third-order valence-corrected chi connectivity index (χ3v) is 3.86. The zero-order chi connectivity index (χ0) is 14.8. The molecule has 0 aliphatic carbocycles. The maximum absolute atomic E-state index is 5.39. The van der Waals surface area contributed by atoms with Crippen LogP contribution in [0.1, 0.15) is 0 Å². The van der Waals surface area contributed by atoms with E-state index < -0.39 is 0 Å². The van der Waals surface area contributed by atoms with Crippen LogP contribution in [0.3, 0.4) is 0 Å². The molecule has 5 nitrogen and oxygen atoms in total. The number of anilines is 1. The Balaban J connectivity index is 1.63. The summed E-state index contributed by atoms with van der Waals surface area (Å²) in [5, 5.41) is 0. The molecule has 1 aliphatic rings. The summed E-state index contributed by atoms with van der Waals surface area (Å²) in [6.07, 6.45) is 3.54. The summed E-state index contributed by atoms with van der Waals surface area (Å²) in [6.45, 7) is 3.48. The summed E-state index contributed by atoms with van der Waals surface area (Å²) in [5.74, 6) is 0. The van der Waals surface area contributed by atoms with Gasteiger partial charge < -0.3 is 9.64 Å². The lowest BCUT2D eigenvalue weighted by molar-refractivity contribution is 0.122. The maximum Gasteiger partial charge on any atom is 0.178 e. The predicted molar refractivity (Wildman–Crippen MR) is 85.8 cm³/mol. The molecule has 0 amide bonds. The van der Waals surface area contributed by atoms with Crippen molar-refractivity contribution in [1.29, 1.82) is 0 Å². The standard InChI is InChI=1S/C17H16N4O/c1-2-15-17(18-7-1)20-16(12-19-15)13-3-5-14(6-4-13)21-8-10-22-11-9-21/h1-7,12H,8-11H2. The minimum atomic E-state index is 0.678. The number of fused-ring (bicyclic) bond motifs is 1. The molecule has 0 saturated carbocycles. The zero-order valence-electron chi connectivity index (χ0n) is 12.1. The molecule has 1 aromatic carbocycles. The molecule has 3 aromatic rings. The first-order valence-corrected chi connectivity index (χ1v) is 7.41. The van der Waals surface area contributed by atoms with E-state index in [4.69, 9.17) is 4.74 Å². The van der Waals surface area contributed by atoms with Crippen molar-refractivity contribution in [1.82, 2.24) is 15.0 Å². The van der Waals surface area contributed by atoms with Gasteiger partial charge in [0.05, 0.1) is 25.1 Å². The van der Waals surface area contributed by atoms with Gasteiger partial charge in [0, 0.05) is 30.5 Å². The third-order valence-electron chi connectivity index (χ3n) is 3.86. The molecule has 0 atom stereocenters. The van der Waals surface area contributed by atoms with E-state index in [1.54, 1.807) is 12.4 Å². The van der Waals surface area contributed by atoms with Crippen LogP contribution >= 0.6 is 0 Å². The predicted octanol–water partition coefficient (Wildman–Crippen LogP) is 2.53. The number of benzene rings is 1. The van der Waals surface area contributed by atoms with E-state index in [1.165, 1.54) is 5.69 Å². The van der Waals surface area contributed by atoms with E-state index in [0.717, 1.165) is 43.1 Å². The highest BCUT2D eigenvalue weighted by Gasteiger charge is 2.11. The second-order valence-corrected chi connectivity index (χ2v) is 5.25. The number of pyridine rings is 1. The van der Waals surface area contributed by atoms with Crippen molar-refractivity contribution in [3.05, 3.63) is 48.8 Å². The summed E-state index contributed by atoms with van der Waals surface area (Å²) in [6, 6.07) is 12.2. The molecule has 1 aliphatic heterocycles. The largest absolute Gasteiger partial charge is 0.378 e. The second kappa shape index (κ2) is 5.69. The molecule has 0 radical (unpaired) electrons. The van der Waals surface area contributed by atoms with Gasteiger partial charge in [-0.05, 0) is 24.3 Å². The SMILES string of the molecule is c1cnc2nc(-c3ccc(N4CCOCC4)cc3)cnc2c1.